The van der Waals surface area contributed by atoms with Crippen LogP contribution < -0.4 is 10.1 Å². The van der Waals surface area contributed by atoms with Crippen molar-refractivity contribution in [3.05, 3.63) is 48.7 Å². The lowest BCUT2D eigenvalue weighted by Crippen LogP contribution is -2.57. The first-order valence-electron chi connectivity index (χ1n) is 16.0. The Morgan fingerprint density at radius 3 is 2.38 bits per heavy atom. The number of rotatable bonds is 10. The molecule has 1 saturated carbocycles. The van der Waals surface area contributed by atoms with Gasteiger partial charge in [0.1, 0.15) is 23.4 Å². The van der Waals surface area contributed by atoms with E-state index in [1.54, 1.807) is 38.6 Å². The fourth-order valence-corrected chi connectivity index (χ4v) is 7.20. The molecular formula is C35H44N4O7S. The topological polar surface area (TPSA) is 148 Å². The summed E-state index contributed by atoms with van der Waals surface area (Å²) in [6.45, 7) is 14.4. The number of benzene rings is 1. The SMILES string of the molecule is C=C[C@@H]1C[C@]1(CC(=O)[C@@H]1C[C@@H](Oc2nc3ccccc3nc2C2=CCCS2)CN1C(=O)[C@@H](NC(=O)OC(C)(C)C)C(C)(C)C)C(=O)O. The summed E-state index contributed by atoms with van der Waals surface area (Å²) >= 11 is 1.67. The molecule has 3 aliphatic rings. The van der Waals surface area contributed by atoms with Gasteiger partial charge in [-0.25, -0.2) is 14.8 Å². The maximum atomic E-state index is 14.4. The predicted molar refractivity (Wildman–Crippen MR) is 180 cm³/mol. The van der Waals surface area contributed by atoms with E-state index in [9.17, 15) is 24.3 Å². The molecule has 2 aliphatic heterocycles. The number of amides is 2. The molecule has 47 heavy (non-hydrogen) atoms. The van der Waals surface area contributed by atoms with Gasteiger partial charge in [-0.05, 0) is 57.1 Å². The van der Waals surface area contributed by atoms with Crippen molar-refractivity contribution < 1.29 is 33.8 Å². The van der Waals surface area contributed by atoms with Crippen molar-refractivity contribution in [1.82, 2.24) is 20.2 Å². The highest BCUT2D eigenvalue weighted by atomic mass is 32.2. The van der Waals surface area contributed by atoms with E-state index >= 15 is 0 Å². The fourth-order valence-electron chi connectivity index (χ4n) is 6.23. The molecule has 0 unspecified atom stereocenters. The summed E-state index contributed by atoms with van der Waals surface area (Å²) in [5.41, 5.74) is -0.806. The van der Waals surface area contributed by atoms with Gasteiger partial charge in [-0.3, -0.25) is 14.4 Å². The summed E-state index contributed by atoms with van der Waals surface area (Å²) in [7, 11) is 0. The number of Topliss-reactive ketones (excluding diaryl/α,β-unsaturated/α-hetero) is 1. The van der Waals surface area contributed by atoms with Gasteiger partial charge in [-0.1, -0.05) is 45.1 Å². The van der Waals surface area contributed by atoms with Crippen LogP contribution in [0.5, 0.6) is 5.88 Å². The first kappa shape index (κ1) is 34.4. The minimum Gasteiger partial charge on any atom is -0.481 e. The monoisotopic (exact) mass is 664 g/mol. The number of aliphatic carboxylic acids is 1. The van der Waals surface area contributed by atoms with Crippen LogP contribution in [0.2, 0.25) is 0 Å². The number of para-hydroxylation sites is 2. The zero-order valence-electron chi connectivity index (χ0n) is 27.9. The molecule has 1 aromatic carbocycles. The molecule has 0 bridgehead atoms. The molecule has 1 aliphatic carbocycles. The lowest BCUT2D eigenvalue weighted by Gasteiger charge is -2.35. The molecule has 5 atom stereocenters. The average Bonchev–Trinajstić information content (AvgIpc) is 3.29. The third-order valence-corrected chi connectivity index (χ3v) is 9.89. The number of hydrogen-bond acceptors (Lipinski definition) is 9. The number of ether oxygens (including phenoxy) is 2. The van der Waals surface area contributed by atoms with Crippen LogP contribution in [0.3, 0.4) is 0 Å². The van der Waals surface area contributed by atoms with Crippen molar-refractivity contribution >= 4 is 51.5 Å². The Balaban J connectivity index is 1.47. The second-order valence-electron chi connectivity index (χ2n) is 14.6. The van der Waals surface area contributed by atoms with E-state index in [0.29, 0.717) is 23.5 Å². The molecule has 3 heterocycles. The van der Waals surface area contributed by atoms with Crippen molar-refractivity contribution in [2.75, 3.05) is 12.3 Å². The van der Waals surface area contributed by atoms with Crippen LogP contribution >= 0.6 is 11.8 Å². The molecule has 0 radical (unpaired) electrons. The molecule has 2 amide bonds. The lowest BCUT2D eigenvalue weighted by atomic mass is 9.85. The fraction of sp³-hybridized carbons (Fsp3) is 0.543. The Bertz CT molecular complexity index is 1630. The Morgan fingerprint density at radius 1 is 1.15 bits per heavy atom. The summed E-state index contributed by atoms with van der Waals surface area (Å²) in [6.07, 6.45) is 3.36. The predicted octanol–water partition coefficient (Wildman–Crippen LogP) is 5.63. The quantitative estimate of drug-likeness (QED) is 0.306. The molecule has 12 heteroatoms. The van der Waals surface area contributed by atoms with Crippen molar-refractivity contribution in [3.63, 3.8) is 0 Å². The number of likely N-dealkylation sites (tertiary alicyclic amines) is 1. The van der Waals surface area contributed by atoms with Gasteiger partial charge < -0.3 is 24.8 Å². The van der Waals surface area contributed by atoms with Crippen LogP contribution in [0.4, 0.5) is 4.79 Å². The van der Waals surface area contributed by atoms with Crippen molar-refractivity contribution in [2.45, 2.75) is 91.0 Å². The lowest BCUT2D eigenvalue weighted by molar-refractivity contribution is -0.147. The Labute approximate surface area is 279 Å². The van der Waals surface area contributed by atoms with E-state index in [0.717, 1.165) is 22.6 Å². The summed E-state index contributed by atoms with van der Waals surface area (Å²) in [6, 6.07) is 5.48. The average molecular weight is 665 g/mol. The summed E-state index contributed by atoms with van der Waals surface area (Å²) < 4.78 is 12.0. The van der Waals surface area contributed by atoms with Crippen LogP contribution in [-0.4, -0.2) is 79.8 Å². The number of hydrogen-bond donors (Lipinski definition) is 2. The molecule has 2 N–H and O–H groups in total. The van der Waals surface area contributed by atoms with Gasteiger partial charge in [-0.2, -0.15) is 0 Å². The largest absolute Gasteiger partial charge is 0.481 e. The molecule has 2 fully saturated rings. The molecule has 5 rings (SSSR count). The number of fused-ring (bicyclic) bond motifs is 1. The number of nitrogens with zero attached hydrogens (tertiary/aromatic N) is 3. The second-order valence-corrected chi connectivity index (χ2v) is 15.8. The number of allylic oxidation sites excluding steroid dienone is 2. The number of carboxylic acids is 1. The number of thioether (sulfide) groups is 1. The van der Waals surface area contributed by atoms with E-state index in [1.807, 2.05) is 45.0 Å². The van der Waals surface area contributed by atoms with E-state index in [1.165, 1.54) is 4.90 Å². The molecular weight excluding hydrogens is 620 g/mol. The van der Waals surface area contributed by atoms with Gasteiger partial charge in [0.2, 0.25) is 11.8 Å². The van der Waals surface area contributed by atoms with Gasteiger partial charge in [0.05, 0.1) is 29.0 Å². The first-order chi connectivity index (χ1) is 22.0. The second kappa shape index (κ2) is 12.9. The molecule has 1 saturated heterocycles. The first-order valence-corrected chi connectivity index (χ1v) is 17.0. The normalized spacial score (nSPS) is 24.8. The molecule has 252 valence electrons. The minimum absolute atomic E-state index is 0.0307. The van der Waals surface area contributed by atoms with Gasteiger partial charge in [0, 0.05) is 23.5 Å². The van der Waals surface area contributed by atoms with Crippen molar-refractivity contribution in [3.8, 4) is 5.88 Å². The molecule has 11 nitrogen and oxygen atoms in total. The van der Waals surface area contributed by atoms with Crippen LogP contribution in [0, 0.1) is 16.7 Å². The third-order valence-electron chi connectivity index (χ3n) is 8.78. The van der Waals surface area contributed by atoms with E-state index < -0.39 is 52.6 Å². The van der Waals surface area contributed by atoms with Crippen LogP contribution in [0.25, 0.3) is 15.9 Å². The van der Waals surface area contributed by atoms with Gasteiger partial charge in [0.15, 0.2) is 5.78 Å². The standard InChI is InChI=1S/C35H44N4O7S/c1-8-20-17-35(20,31(42)43)18-25(40)24-16-21(19-39(24)30(41)28(33(2,3)4)38-32(44)46-34(5,6)7)45-29-27(26-14-11-15-47-26)36-22-12-9-10-13-23(22)37-29/h8-10,12-14,20-21,24,28H,1,11,15-19H2,2-7H3,(H,38,44)(H,42,43)/t20-,21-,24+,28-,35-/m1/s1. The highest BCUT2D eigenvalue weighted by molar-refractivity contribution is 8.08. The maximum absolute atomic E-state index is 14.4. The number of alkyl carbamates (subject to hydrolysis) is 1. The summed E-state index contributed by atoms with van der Waals surface area (Å²) in [5, 5.41) is 12.8. The number of ketones is 1. The zero-order chi connectivity index (χ0) is 34.3. The number of carboxylic acid groups (broad SMARTS) is 1. The third kappa shape index (κ3) is 7.47. The Hall–Kier alpha value is -3.93. The Kier molecular flexibility index (Phi) is 9.47. The summed E-state index contributed by atoms with van der Waals surface area (Å²) in [4.78, 5) is 65.6. The number of nitrogens with one attached hydrogen (secondary N) is 1. The highest BCUT2D eigenvalue weighted by Crippen LogP contribution is 2.56. The zero-order valence-corrected chi connectivity index (χ0v) is 28.7. The van der Waals surface area contributed by atoms with E-state index in [4.69, 9.17) is 19.4 Å². The number of aromatic nitrogens is 2. The van der Waals surface area contributed by atoms with Gasteiger partial charge in [0.25, 0.3) is 0 Å². The van der Waals surface area contributed by atoms with Crippen molar-refractivity contribution in [2.24, 2.45) is 16.7 Å². The molecule has 1 aromatic heterocycles. The van der Waals surface area contributed by atoms with E-state index in [2.05, 4.69) is 18.0 Å². The van der Waals surface area contributed by atoms with Crippen LogP contribution in [0.15, 0.2) is 43.0 Å². The molecule has 0 spiro atoms. The Morgan fingerprint density at radius 2 is 1.83 bits per heavy atom. The van der Waals surface area contributed by atoms with Gasteiger partial charge >= 0.3 is 12.1 Å². The number of carbonyl (C=O) groups excluding carboxylic acids is 3. The van der Waals surface area contributed by atoms with Crippen LogP contribution in [0.1, 0.15) is 72.9 Å². The van der Waals surface area contributed by atoms with Crippen molar-refractivity contribution in [1.29, 1.82) is 0 Å². The highest BCUT2D eigenvalue weighted by Gasteiger charge is 2.61. The van der Waals surface area contributed by atoms with Crippen LogP contribution in [-0.2, 0) is 19.1 Å². The molecule has 2 aromatic rings. The summed E-state index contributed by atoms with van der Waals surface area (Å²) in [5.74, 6) is -1.01. The van der Waals surface area contributed by atoms with E-state index in [-0.39, 0.29) is 31.1 Å². The van der Waals surface area contributed by atoms with Gasteiger partial charge in [-0.15, -0.1) is 18.3 Å². The minimum atomic E-state index is -1.24. The smallest absolute Gasteiger partial charge is 0.408 e. The maximum Gasteiger partial charge on any atom is 0.408 e. The number of carbonyl (C=O) groups is 4.